The van der Waals surface area contributed by atoms with Gasteiger partial charge in [0, 0.05) is 16.6 Å². The summed E-state index contributed by atoms with van der Waals surface area (Å²) in [4.78, 5) is 17.1. The minimum atomic E-state index is -0.255. The quantitative estimate of drug-likeness (QED) is 0.854. The molecule has 19 heavy (non-hydrogen) atoms. The van der Waals surface area contributed by atoms with Crippen molar-refractivity contribution in [1.82, 2.24) is 10.3 Å². The Morgan fingerprint density at radius 2 is 2.05 bits per heavy atom. The molecule has 100 valence electrons. The molecule has 4 nitrogen and oxygen atoms in total. The first-order valence-corrected chi connectivity index (χ1v) is 6.98. The first-order chi connectivity index (χ1) is 8.97. The molecule has 1 heterocycles. The molecule has 2 rings (SSSR count). The van der Waals surface area contributed by atoms with E-state index in [1.807, 2.05) is 6.92 Å². The zero-order valence-electron chi connectivity index (χ0n) is 10.0. The number of hydrogen-bond acceptors (Lipinski definition) is 4. The van der Waals surface area contributed by atoms with Gasteiger partial charge < -0.3 is 11.1 Å². The number of halogens is 2. The maximum atomic E-state index is 12.0. The van der Waals surface area contributed by atoms with Gasteiger partial charge in [-0.1, -0.05) is 23.2 Å². The van der Waals surface area contributed by atoms with E-state index in [1.165, 1.54) is 23.5 Å². The van der Waals surface area contributed by atoms with E-state index in [2.05, 4.69) is 10.3 Å². The third-order valence-electron chi connectivity index (χ3n) is 2.43. The average Bonchev–Trinajstić information content (AvgIpc) is 2.78. The molecule has 0 radical (unpaired) electrons. The number of nitrogen functional groups attached to an aromatic ring is 1. The number of aryl methyl sites for hydroxylation is 1. The number of benzene rings is 1. The zero-order chi connectivity index (χ0) is 14.0. The van der Waals surface area contributed by atoms with E-state index >= 15 is 0 Å². The maximum absolute atomic E-state index is 12.0. The van der Waals surface area contributed by atoms with E-state index in [9.17, 15) is 4.79 Å². The summed E-state index contributed by atoms with van der Waals surface area (Å²) in [6, 6.07) is 2.99. The average molecular weight is 316 g/mol. The van der Waals surface area contributed by atoms with Gasteiger partial charge in [-0.25, -0.2) is 4.98 Å². The molecule has 7 heteroatoms. The summed E-state index contributed by atoms with van der Waals surface area (Å²) in [7, 11) is 0. The lowest BCUT2D eigenvalue weighted by Crippen LogP contribution is -2.22. The molecule has 0 spiro atoms. The third kappa shape index (κ3) is 3.37. The lowest BCUT2D eigenvalue weighted by atomic mass is 10.2. The van der Waals surface area contributed by atoms with Gasteiger partial charge in [-0.3, -0.25) is 4.79 Å². The number of rotatable bonds is 3. The van der Waals surface area contributed by atoms with E-state index in [-0.39, 0.29) is 21.6 Å². The molecule has 0 bridgehead atoms. The zero-order valence-corrected chi connectivity index (χ0v) is 12.4. The molecule has 0 saturated heterocycles. The molecule has 3 N–H and O–H groups in total. The molecule has 0 unspecified atom stereocenters. The van der Waals surface area contributed by atoms with Crippen molar-refractivity contribution in [2.45, 2.75) is 13.5 Å². The highest BCUT2D eigenvalue weighted by Gasteiger charge is 2.11. The topological polar surface area (TPSA) is 68.0 Å². The molecule has 1 aromatic heterocycles. The molecular weight excluding hydrogens is 305 g/mol. The molecule has 0 saturated carbocycles. The van der Waals surface area contributed by atoms with Crippen molar-refractivity contribution in [3.8, 4) is 0 Å². The molecular formula is C12H11Cl2N3OS. The minimum Gasteiger partial charge on any atom is -0.396 e. The highest BCUT2D eigenvalue weighted by Crippen LogP contribution is 2.28. The normalized spacial score (nSPS) is 10.5. The Balaban J connectivity index is 2.08. The van der Waals surface area contributed by atoms with Crippen LogP contribution in [0.1, 0.15) is 20.2 Å². The second-order valence-electron chi connectivity index (χ2n) is 3.88. The SMILES string of the molecule is Cc1ncc(CNC(=O)c2cc(Cl)c(N)c(Cl)c2)s1. The highest BCUT2D eigenvalue weighted by molar-refractivity contribution is 7.11. The summed E-state index contributed by atoms with van der Waals surface area (Å²) < 4.78 is 0. The van der Waals surface area contributed by atoms with Crippen LogP contribution in [0.25, 0.3) is 0 Å². The largest absolute Gasteiger partial charge is 0.396 e. The number of aromatic nitrogens is 1. The molecule has 0 aliphatic carbocycles. The van der Waals surface area contributed by atoms with Crippen LogP contribution in [0.3, 0.4) is 0 Å². The molecule has 2 aromatic rings. The summed E-state index contributed by atoms with van der Waals surface area (Å²) in [5.41, 5.74) is 6.27. The van der Waals surface area contributed by atoms with Crippen LogP contribution < -0.4 is 11.1 Å². The van der Waals surface area contributed by atoms with Gasteiger partial charge in [0.05, 0.1) is 27.3 Å². The smallest absolute Gasteiger partial charge is 0.251 e. The van der Waals surface area contributed by atoms with E-state index < -0.39 is 0 Å². The third-order valence-corrected chi connectivity index (χ3v) is 3.97. The number of anilines is 1. The van der Waals surface area contributed by atoms with Gasteiger partial charge in [-0.15, -0.1) is 11.3 Å². The first-order valence-electron chi connectivity index (χ1n) is 5.41. The van der Waals surface area contributed by atoms with Crippen molar-refractivity contribution in [1.29, 1.82) is 0 Å². The van der Waals surface area contributed by atoms with Crippen molar-refractivity contribution >= 4 is 46.1 Å². The second-order valence-corrected chi connectivity index (χ2v) is 6.02. The Bertz CT molecular complexity index is 604. The van der Waals surface area contributed by atoms with Gasteiger partial charge in [0.2, 0.25) is 0 Å². The standard InChI is InChI=1S/C12H11Cl2N3OS/c1-6-16-4-8(19-6)5-17-12(18)7-2-9(13)11(15)10(14)3-7/h2-4H,5,15H2,1H3,(H,17,18). The Labute approximate surface area is 124 Å². The van der Waals surface area contributed by atoms with Gasteiger partial charge in [0.25, 0.3) is 5.91 Å². The fourth-order valence-corrected chi connectivity index (χ4v) is 2.69. The van der Waals surface area contributed by atoms with Gasteiger partial charge in [0.1, 0.15) is 0 Å². The number of carbonyl (C=O) groups excluding carboxylic acids is 1. The van der Waals surface area contributed by atoms with Crippen molar-refractivity contribution in [3.63, 3.8) is 0 Å². The van der Waals surface area contributed by atoms with Crippen LogP contribution in [0.5, 0.6) is 0 Å². The molecule has 0 aliphatic rings. The van der Waals surface area contributed by atoms with Crippen molar-refractivity contribution in [2.75, 3.05) is 5.73 Å². The van der Waals surface area contributed by atoms with Crippen LogP contribution >= 0.6 is 34.5 Å². The summed E-state index contributed by atoms with van der Waals surface area (Å²) in [5.74, 6) is -0.255. The molecule has 0 aliphatic heterocycles. The Hall–Kier alpha value is -1.30. The number of carbonyl (C=O) groups is 1. The molecule has 0 atom stereocenters. The van der Waals surface area contributed by atoms with Crippen LogP contribution in [0.2, 0.25) is 10.0 Å². The highest BCUT2D eigenvalue weighted by atomic mass is 35.5. The monoisotopic (exact) mass is 315 g/mol. The van der Waals surface area contributed by atoms with Crippen molar-refractivity contribution in [3.05, 3.63) is 43.8 Å². The van der Waals surface area contributed by atoms with Gasteiger partial charge in [-0.2, -0.15) is 0 Å². The maximum Gasteiger partial charge on any atom is 0.251 e. The molecule has 1 aromatic carbocycles. The van der Waals surface area contributed by atoms with Crippen LogP contribution in [-0.2, 0) is 6.54 Å². The molecule has 1 amide bonds. The number of nitrogens with one attached hydrogen (secondary N) is 1. The number of hydrogen-bond donors (Lipinski definition) is 2. The number of nitrogens with zero attached hydrogens (tertiary/aromatic N) is 1. The van der Waals surface area contributed by atoms with Gasteiger partial charge in [-0.05, 0) is 19.1 Å². The van der Waals surface area contributed by atoms with E-state index in [1.54, 1.807) is 6.20 Å². The van der Waals surface area contributed by atoms with Crippen molar-refractivity contribution in [2.24, 2.45) is 0 Å². The summed E-state index contributed by atoms with van der Waals surface area (Å²) >= 11 is 13.3. The van der Waals surface area contributed by atoms with Crippen LogP contribution in [-0.4, -0.2) is 10.9 Å². The summed E-state index contributed by atoms with van der Waals surface area (Å²) in [5, 5.41) is 4.28. The summed E-state index contributed by atoms with van der Waals surface area (Å²) in [6.45, 7) is 2.33. The Morgan fingerprint density at radius 1 is 1.42 bits per heavy atom. The first kappa shape index (κ1) is 14.1. The lowest BCUT2D eigenvalue weighted by molar-refractivity contribution is 0.0951. The fraction of sp³-hybridized carbons (Fsp3) is 0.167. The van der Waals surface area contributed by atoms with Gasteiger partial charge in [0.15, 0.2) is 0 Å². The van der Waals surface area contributed by atoms with E-state index in [0.29, 0.717) is 12.1 Å². The van der Waals surface area contributed by atoms with Crippen LogP contribution in [0, 0.1) is 6.92 Å². The van der Waals surface area contributed by atoms with Crippen LogP contribution in [0.4, 0.5) is 5.69 Å². The van der Waals surface area contributed by atoms with E-state index in [4.69, 9.17) is 28.9 Å². The second kappa shape index (κ2) is 5.77. The number of amides is 1. The van der Waals surface area contributed by atoms with Crippen LogP contribution in [0.15, 0.2) is 18.3 Å². The minimum absolute atomic E-state index is 0.255. The fourth-order valence-electron chi connectivity index (χ4n) is 1.47. The van der Waals surface area contributed by atoms with E-state index in [0.717, 1.165) is 9.88 Å². The predicted octanol–water partition coefficient (Wildman–Crippen LogP) is 3.27. The number of nitrogens with two attached hydrogens (primary N) is 1. The van der Waals surface area contributed by atoms with Crippen molar-refractivity contribution < 1.29 is 4.79 Å². The predicted molar refractivity (Wildman–Crippen MR) is 78.9 cm³/mol. The molecule has 0 fully saturated rings. The Morgan fingerprint density at radius 3 is 2.58 bits per heavy atom. The number of thiazole rings is 1. The lowest BCUT2D eigenvalue weighted by Gasteiger charge is -2.07. The summed E-state index contributed by atoms with van der Waals surface area (Å²) in [6.07, 6.45) is 1.74. The van der Waals surface area contributed by atoms with Gasteiger partial charge >= 0.3 is 0 Å². The Kier molecular flexibility index (Phi) is 4.29.